The van der Waals surface area contributed by atoms with Gasteiger partial charge in [-0.2, -0.15) is 5.10 Å². The number of nitrogens with zero attached hydrogens (tertiary/aromatic N) is 2. The molecule has 0 bridgehead atoms. The molecule has 5 N–H and O–H groups in total. The quantitative estimate of drug-likeness (QED) is 0.616. The van der Waals surface area contributed by atoms with Crippen LogP contribution in [0.15, 0.2) is 6.20 Å². The van der Waals surface area contributed by atoms with Gasteiger partial charge in [0.1, 0.15) is 5.82 Å². The first-order chi connectivity index (χ1) is 6.02. The summed E-state index contributed by atoms with van der Waals surface area (Å²) >= 11 is 0. The molecule has 1 aromatic heterocycles. The van der Waals surface area contributed by atoms with Gasteiger partial charge in [0.25, 0.3) is 0 Å². The van der Waals surface area contributed by atoms with Gasteiger partial charge in [-0.25, -0.2) is 4.68 Å². The van der Waals surface area contributed by atoms with E-state index in [2.05, 4.69) is 5.10 Å². The largest absolute Gasteiger partial charge is 0.481 e. The molecular weight excluding hydrogens is 172 g/mol. The Morgan fingerprint density at radius 1 is 1.77 bits per heavy atom. The maximum atomic E-state index is 10.4. The Kier molecular flexibility index (Phi) is 2.41. The van der Waals surface area contributed by atoms with Crippen LogP contribution in [0, 0.1) is 0 Å². The average Bonchev–Trinajstić information content (AvgIpc) is 2.31. The minimum atomic E-state index is -0.888. The molecule has 0 aromatic carbocycles. The van der Waals surface area contributed by atoms with Gasteiger partial charge in [0.2, 0.25) is 0 Å². The molecule has 13 heavy (non-hydrogen) atoms. The Bertz CT molecular complexity index is 320. The summed E-state index contributed by atoms with van der Waals surface area (Å²) in [6, 6.07) is -0.283. The molecule has 1 atom stereocenters. The second kappa shape index (κ2) is 3.34. The third-order valence-corrected chi connectivity index (χ3v) is 1.75. The van der Waals surface area contributed by atoms with E-state index in [1.54, 1.807) is 6.92 Å². The number of aliphatic carboxylic acids is 1. The summed E-state index contributed by atoms with van der Waals surface area (Å²) in [5.41, 5.74) is 11.4. The molecule has 0 aliphatic rings. The summed E-state index contributed by atoms with van der Waals surface area (Å²) in [6.07, 6.45) is 1.39. The third-order valence-electron chi connectivity index (χ3n) is 1.75. The van der Waals surface area contributed by atoms with Gasteiger partial charge in [0.15, 0.2) is 0 Å². The first kappa shape index (κ1) is 9.37. The molecule has 72 valence electrons. The topological polar surface area (TPSA) is 107 Å². The number of aromatic nitrogens is 2. The lowest BCUT2D eigenvalue weighted by Gasteiger charge is -2.10. The van der Waals surface area contributed by atoms with Crippen LogP contribution < -0.4 is 11.5 Å². The van der Waals surface area contributed by atoms with E-state index in [1.165, 1.54) is 10.9 Å². The molecular formula is C7H12N4O2. The first-order valence-electron chi connectivity index (χ1n) is 3.82. The number of hydrogen-bond acceptors (Lipinski definition) is 4. The molecule has 0 saturated heterocycles. The fourth-order valence-electron chi connectivity index (χ4n) is 1.08. The third kappa shape index (κ3) is 1.90. The number of nitrogen functional groups attached to an aromatic ring is 2. The number of hydrogen-bond donors (Lipinski definition) is 3. The molecule has 1 aromatic rings. The van der Waals surface area contributed by atoms with E-state index in [9.17, 15) is 4.79 Å². The summed E-state index contributed by atoms with van der Waals surface area (Å²) in [6.45, 7) is 1.72. The van der Waals surface area contributed by atoms with Crippen molar-refractivity contribution in [2.75, 3.05) is 11.5 Å². The van der Waals surface area contributed by atoms with Crippen LogP contribution in [-0.2, 0) is 4.79 Å². The van der Waals surface area contributed by atoms with E-state index in [0.717, 1.165) is 0 Å². The Morgan fingerprint density at radius 2 is 2.38 bits per heavy atom. The van der Waals surface area contributed by atoms with E-state index in [0.29, 0.717) is 11.5 Å². The van der Waals surface area contributed by atoms with E-state index in [4.69, 9.17) is 16.6 Å². The zero-order valence-electron chi connectivity index (χ0n) is 7.27. The Balaban J connectivity index is 2.82. The average molecular weight is 184 g/mol. The Labute approximate surface area is 75.1 Å². The minimum absolute atomic E-state index is 0.0225. The van der Waals surface area contributed by atoms with E-state index in [-0.39, 0.29) is 12.5 Å². The molecule has 0 saturated carbocycles. The molecule has 6 nitrogen and oxygen atoms in total. The van der Waals surface area contributed by atoms with Gasteiger partial charge in [-0.3, -0.25) is 4.79 Å². The lowest BCUT2D eigenvalue weighted by atomic mass is 10.2. The van der Waals surface area contributed by atoms with Crippen LogP contribution in [-0.4, -0.2) is 20.9 Å². The summed E-state index contributed by atoms with van der Waals surface area (Å²) in [7, 11) is 0. The van der Waals surface area contributed by atoms with E-state index < -0.39 is 5.97 Å². The van der Waals surface area contributed by atoms with Gasteiger partial charge in [-0.05, 0) is 6.92 Å². The van der Waals surface area contributed by atoms with Crippen LogP contribution in [0.2, 0.25) is 0 Å². The predicted octanol–water partition coefficient (Wildman–Crippen LogP) is 0.0832. The zero-order valence-corrected chi connectivity index (χ0v) is 7.27. The number of carboxylic acids is 1. The van der Waals surface area contributed by atoms with Gasteiger partial charge in [0, 0.05) is 0 Å². The normalized spacial score (nSPS) is 12.7. The number of anilines is 2. The summed E-state index contributed by atoms with van der Waals surface area (Å²) in [4.78, 5) is 10.4. The maximum Gasteiger partial charge on any atom is 0.305 e. The van der Waals surface area contributed by atoms with E-state index in [1.807, 2.05) is 0 Å². The molecule has 0 radical (unpaired) electrons. The van der Waals surface area contributed by atoms with Crippen LogP contribution >= 0.6 is 0 Å². The fourth-order valence-corrected chi connectivity index (χ4v) is 1.08. The summed E-state index contributed by atoms with van der Waals surface area (Å²) in [5.74, 6) is -0.574. The highest BCUT2D eigenvalue weighted by molar-refractivity contribution is 5.67. The van der Waals surface area contributed by atoms with Crippen molar-refractivity contribution in [3.8, 4) is 0 Å². The second-order valence-corrected chi connectivity index (χ2v) is 2.88. The molecule has 0 fully saturated rings. The van der Waals surface area contributed by atoms with Crippen molar-refractivity contribution in [2.45, 2.75) is 19.4 Å². The highest BCUT2D eigenvalue weighted by Gasteiger charge is 2.13. The highest BCUT2D eigenvalue weighted by Crippen LogP contribution is 2.19. The number of rotatable bonds is 3. The van der Waals surface area contributed by atoms with Crippen molar-refractivity contribution in [1.82, 2.24) is 9.78 Å². The predicted molar refractivity (Wildman–Crippen MR) is 48.0 cm³/mol. The van der Waals surface area contributed by atoms with Crippen LogP contribution in [0.5, 0.6) is 0 Å². The molecule has 1 rings (SSSR count). The Hall–Kier alpha value is -1.72. The second-order valence-electron chi connectivity index (χ2n) is 2.88. The fraction of sp³-hybridized carbons (Fsp3) is 0.429. The summed E-state index contributed by atoms with van der Waals surface area (Å²) < 4.78 is 1.41. The van der Waals surface area contributed by atoms with Crippen molar-refractivity contribution < 1.29 is 9.90 Å². The number of carbonyl (C=O) groups is 1. The van der Waals surface area contributed by atoms with Gasteiger partial charge >= 0.3 is 5.97 Å². The van der Waals surface area contributed by atoms with Crippen LogP contribution in [0.4, 0.5) is 11.5 Å². The SMILES string of the molecule is CC(CC(=O)O)n1ncc(N)c1N. The Morgan fingerprint density at radius 3 is 2.77 bits per heavy atom. The lowest BCUT2D eigenvalue weighted by Crippen LogP contribution is -2.14. The van der Waals surface area contributed by atoms with Crippen LogP contribution in [0.3, 0.4) is 0 Å². The van der Waals surface area contributed by atoms with Crippen molar-refractivity contribution >= 4 is 17.5 Å². The van der Waals surface area contributed by atoms with Gasteiger partial charge in [-0.1, -0.05) is 0 Å². The highest BCUT2D eigenvalue weighted by atomic mass is 16.4. The van der Waals surface area contributed by atoms with Crippen molar-refractivity contribution in [3.63, 3.8) is 0 Å². The maximum absolute atomic E-state index is 10.4. The van der Waals surface area contributed by atoms with Gasteiger partial charge < -0.3 is 16.6 Å². The zero-order chi connectivity index (χ0) is 10.0. The molecule has 6 heteroatoms. The van der Waals surface area contributed by atoms with Crippen molar-refractivity contribution in [1.29, 1.82) is 0 Å². The van der Waals surface area contributed by atoms with Crippen LogP contribution in [0.1, 0.15) is 19.4 Å². The van der Waals surface area contributed by atoms with Gasteiger partial charge in [0.05, 0.1) is 24.3 Å². The first-order valence-corrected chi connectivity index (χ1v) is 3.82. The molecule has 0 spiro atoms. The monoisotopic (exact) mass is 184 g/mol. The molecule has 0 aliphatic carbocycles. The lowest BCUT2D eigenvalue weighted by molar-refractivity contribution is -0.137. The van der Waals surface area contributed by atoms with E-state index >= 15 is 0 Å². The smallest absolute Gasteiger partial charge is 0.305 e. The summed E-state index contributed by atoms with van der Waals surface area (Å²) in [5, 5.41) is 12.4. The minimum Gasteiger partial charge on any atom is -0.481 e. The molecule has 0 amide bonds. The molecule has 1 unspecified atom stereocenters. The van der Waals surface area contributed by atoms with Crippen molar-refractivity contribution in [3.05, 3.63) is 6.20 Å². The molecule has 0 aliphatic heterocycles. The number of carboxylic acid groups (broad SMARTS) is 1. The van der Waals surface area contributed by atoms with Crippen molar-refractivity contribution in [2.24, 2.45) is 0 Å². The number of nitrogens with two attached hydrogens (primary N) is 2. The van der Waals surface area contributed by atoms with Gasteiger partial charge in [-0.15, -0.1) is 0 Å². The van der Waals surface area contributed by atoms with Crippen LogP contribution in [0.25, 0.3) is 0 Å². The standard InChI is InChI=1S/C7H12N4O2/c1-4(2-6(12)13)11-7(9)5(8)3-10-11/h3-4H,2,8-9H2,1H3,(H,12,13). The molecule has 1 heterocycles.